The van der Waals surface area contributed by atoms with Crippen LogP contribution in [0.2, 0.25) is 0 Å². The molecule has 0 aromatic carbocycles. The SMILES string of the molecule is CCCCCN(C)CCCCC(C)(C#N)NC1CC1. The highest BCUT2D eigenvalue weighted by Crippen LogP contribution is 2.24. The number of unbranched alkanes of at least 4 members (excludes halogenated alkanes) is 3. The minimum absolute atomic E-state index is 0.304. The lowest BCUT2D eigenvalue weighted by Crippen LogP contribution is -2.42. The van der Waals surface area contributed by atoms with Crippen LogP contribution in [-0.2, 0) is 0 Å². The molecule has 1 fully saturated rings. The summed E-state index contributed by atoms with van der Waals surface area (Å²) in [6.07, 6.45) is 9.75. The van der Waals surface area contributed by atoms with E-state index in [2.05, 4.69) is 37.2 Å². The van der Waals surface area contributed by atoms with Crippen molar-refractivity contribution >= 4 is 0 Å². The smallest absolute Gasteiger partial charge is 0.104 e. The Morgan fingerprint density at radius 2 is 1.84 bits per heavy atom. The van der Waals surface area contributed by atoms with Crippen LogP contribution in [0.15, 0.2) is 0 Å². The van der Waals surface area contributed by atoms with E-state index < -0.39 is 0 Å². The summed E-state index contributed by atoms with van der Waals surface area (Å²) in [6.45, 7) is 6.67. The number of nitrogens with one attached hydrogen (secondary N) is 1. The lowest BCUT2D eigenvalue weighted by Gasteiger charge is -2.24. The summed E-state index contributed by atoms with van der Waals surface area (Å²) >= 11 is 0. The number of hydrogen-bond donors (Lipinski definition) is 1. The first-order chi connectivity index (χ1) is 9.09. The molecule has 0 bridgehead atoms. The van der Waals surface area contributed by atoms with E-state index in [9.17, 15) is 5.26 Å². The predicted molar refractivity (Wildman–Crippen MR) is 81.0 cm³/mol. The average Bonchev–Trinajstić information content (AvgIpc) is 3.19. The van der Waals surface area contributed by atoms with Gasteiger partial charge >= 0.3 is 0 Å². The summed E-state index contributed by atoms with van der Waals surface area (Å²) < 4.78 is 0. The fourth-order valence-electron chi connectivity index (χ4n) is 2.44. The molecular weight excluding hydrogens is 234 g/mol. The van der Waals surface area contributed by atoms with Crippen LogP contribution < -0.4 is 5.32 Å². The van der Waals surface area contributed by atoms with Crippen LogP contribution in [-0.4, -0.2) is 36.6 Å². The van der Waals surface area contributed by atoms with E-state index in [1.165, 1.54) is 45.1 Å². The van der Waals surface area contributed by atoms with Gasteiger partial charge in [0.2, 0.25) is 0 Å². The first-order valence-corrected chi connectivity index (χ1v) is 7.97. The Labute approximate surface area is 119 Å². The molecule has 1 unspecified atom stereocenters. The molecule has 3 heteroatoms. The van der Waals surface area contributed by atoms with Gasteiger partial charge in [0.1, 0.15) is 5.54 Å². The zero-order chi connectivity index (χ0) is 14.1. The van der Waals surface area contributed by atoms with Crippen molar-refractivity contribution < 1.29 is 0 Å². The van der Waals surface area contributed by atoms with Gasteiger partial charge in [0.25, 0.3) is 0 Å². The third-order valence-electron chi connectivity index (χ3n) is 3.96. The van der Waals surface area contributed by atoms with Crippen molar-refractivity contribution in [2.75, 3.05) is 20.1 Å². The maximum absolute atomic E-state index is 9.29. The molecule has 110 valence electrons. The van der Waals surface area contributed by atoms with Gasteiger partial charge in [0.05, 0.1) is 6.07 Å². The van der Waals surface area contributed by atoms with Crippen LogP contribution in [0.5, 0.6) is 0 Å². The molecule has 1 aliphatic rings. The zero-order valence-electron chi connectivity index (χ0n) is 13.0. The summed E-state index contributed by atoms with van der Waals surface area (Å²) in [5.74, 6) is 0. The predicted octanol–water partition coefficient (Wildman–Crippen LogP) is 3.31. The van der Waals surface area contributed by atoms with E-state index in [1.54, 1.807) is 0 Å². The van der Waals surface area contributed by atoms with E-state index >= 15 is 0 Å². The van der Waals surface area contributed by atoms with E-state index in [4.69, 9.17) is 0 Å². The molecule has 1 rings (SSSR count). The Morgan fingerprint density at radius 1 is 1.21 bits per heavy atom. The lowest BCUT2D eigenvalue weighted by molar-refractivity contribution is 0.307. The first kappa shape index (κ1) is 16.5. The van der Waals surface area contributed by atoms with Crippen LogP contribution in [0.3, 0.4) is 0 Å². The molecule has 1 atom stereocenters. The van der Waals surface area contributed by atoms with Crippen molar-refractivity contribution in [1.29, 1.82) is 5.26 Å². The van der Waals surface area contributed by atoms with Crippen LogP contribution in [0, 0.1) is 11.3 Å². The van der Waals surface area contributed by atoms with E-state index in [1.807, 2.05) is 0 Å². The van der Waals surface area contributed by atoms with Gasteiger partial charge < -0.3 is 4.90 Å². The minimum atomic E-state index is -0.304. The lowest BCUT2D eigenvalue weighted by atomic mass is 9.96. The quantitative estimate of drug-likeness (QED) is 0.583. The van der Waals surface area contributed by atoms with Crippen LogP contribution in [0.25, 0.3) is 0 Å². The maximum atomic E-state index is 9.29. The molecular formula is C16H31N3. The number of hydrogen-bond acceptors (Lipinski definition) is 3. The summed E-state index contributed by atoms with van der Waals surface area (Å²) in [6, 6.07) is 3.07. The van der Waals surface area contributed by atoms with Crippen molar-refractivity contribution in [3.05, 3.63) is 0 Å². The molecule has 0 aromatic heterocycles. The molecule has 1 aliphatic carbocycles. The molecule has 0 heterocycles. The van der Waals surface area contributed by atoms with Gasteiger partial charge in [-0.15, -0.1) is 0 Å². The van der Waals surface area contributed by atoms with Crippen molar-refractivity contribution in [3.8, 4) is 6.07 Å². The summed E-state index contributed by atoms with van der Waals surface area (Å²) in [4.78, 5) is 2.42. The molecule has 0 amide bonds. The van der Waals surface area contributed by atoms with Crippen molar-refractivity contribution in [3.63, 3.8) is 0 Å². The molecule has 0 saturated heterocycles. The molecule has 19 heavy (non-hydrogen) atoms. The van der Waals surface area contributed by atoms with E-state index in [0.29, 0.717) is 6.04 Å². The summed E-state index contributed by atoms with van der Waals surface area (Å²) in [5.41, 5.74) is -0.304. The monoisotopic (exact) mass is 265 g/mol. The Morgan fingerprint density at radius 3 is 2.37 bits per heavy atom. The maximum Gasteiger partial charge on any atom is 0.104 e. The Hall–Kier alpha value is -0.590. The van der Waals surface area contributed by atoms with E-state index in [-0.39, 0.29) is 5.54 Å². The minimum Gasteiger partial charge on any atom is -0.306 e. The Balaban J connectivity index is 2.06. The van der Waals surface area contributed by atoms with Crippen LogP contribution >= 0.6 is 0 Å². The molecule has 1 N–H and O–H groups in total. The second-order valence-corrected chi connectivity index (χ2v) is 6.33. The molecule has 0 radical (unpaired) electrons. The topological polar surface area (TPSA) is 39.1 Å². The van der Waals surface area contributed by atoms with Gasteiger partial charge in [0.15, 0.2) is 0 Å². The molecule has 3 nitrogen and oxygen atoms in total. The molecule has 0 spiro atoms. The fraction of sp³-hybridized carbons (Fsp3) is 0.938. The molecule has 0 aromatic rings. The van der Waals surface area contributed by atoms with Gasteiger partial charge in [-0.2, -0.15) is 5.26 Å². The second kappa shape index (κ2) is 8.55. The van der Waals surface area contributed by atoms with Crippen LogP contribution in [0.1, 0.15) is 65.2 Å². The van der Waals surface area contributed by atoms with Crippen LogP contribution in [0.4, 0.5) is 0 Å². The third-order valence-corrected chi connectivity index (χ3v) is 3.96. The molecule has 1 saturated carbocycles. The number of nitrogens with zero attached hydrogens (tertiary/aromatic N) is 2. The van der Waals surface area contributed by atoms with Crippen molar-refractivity contribution in [2.24, 2.45) is 0 Å². The highest BCUT2D eigenvalue weighted by atomic mass is 15.1. The number of rotatable bonds is 11. The highest BCUT2D eigenvalue weighted by molar-refractivity contribution is 5.06. The van der Waals surface area contributed by atoms with Gasteiger partial charge in [-0.05, 0) is 65.6 Å². The van der Waals surface area contributed by atoms with Gasteiger partial charge in [-0.25, -0.2) is 0 Å². The normalized spacial score (nSPS) is 18.3. The molecule has 0 aliphatic heterocycles. The number of nitriles is 1. The van der Waals surface area contributed by atoms with Gasteiger partial charge in [-0.3, -0.25) is 5.32 Å². The van der Waals surface area contributed by atoms with Gasteiger partial charge in [0, 0.05) is 6.04 Å². The van der Waals surface area contributed by atoms with Gasteiger partial charge in [-0.1, -0.05) is 19.8 Å². The largest absolute Gasteiger partial charge is 0.306 e. The highest BCUT2D eigenvalue weighted by Gasteiger charge is 2.31. The zero-order valence-corrected chi connectivity index (χ0v) is 13.0. The van der Waals surface area contributed by atoms with Crippen molar-refractivity contribution in [1.82, 2.24) is 10.2 Å². The fourth-order valence-corrected chi connectivity index (χ4v) is 2.44. The van der Waals surface area contributed by atoms with E-state index in [0.717, 1.165) is 19.4 Å². The first-order valence-electron chi connectivity index (χ1n) is 7.97. The standard InChI is InChI=1S/C16H31N3/c1-4-5-7-12-19(3)13-8-6-11-16(2,14-17)18-15-9-10-15/h15,18H,4-13H2,1-3H3. The summed E-state index contributed by atoms with van der Waals surface area (Å²) in [7, 11) is 2.21. The Bertz CT molecular complexity index is 280. The third kappa shape index (κ3) is 7.54. The van der Waals surface area contributed by atoms with Crippen molar-refractivity contribution in [2.45, 2.75) is 76.8 Å². The Kier molecular flexibility index (Phi) is 7.41. The second-order valence-electron chi connectivity index (χ2n) is 6.33. The summed E-state index contributed by atoms with van der Waals surface area (Å²) in [5, 5.41) is 12.8. The average molecular weight is 265 g/mol.